The van der Waals surface area contributed by atoms with Gasteiger partial charge in [-0.05, 0) is 56.0 Å². The number of benzene rings is 2. The van der Waals surface area contributed by atoms with Gasteiger partial charge in [-0.1, -0.05) is 29.8 Å². The Bertz CT molecular complexity index is 930. The Kier molecular flexibility index (Phi) is 8.84. The van der Waals surface area contributed by atoms with Crippen molar-refractivity contribution in [2.75, 3.05) is 5.32 Å². The van der Waals surface area contributed by atoms with Crippen LogP contribution in [0.5, 0.6) is 5.75 Å². The van der Waals surface area contributed by atoms with Crippen LogP contribution < -0.4 is 10.6 Å². The molecule has 1 fully saturated rings. The number of halogens is 3. The topological polar surface area (TPSA) is 57.2 Å². The molecule has 3 N–H and O–H groups in total. The summed E-state index contributed by atoms with van der Waals surface area (Å²) in [6.07, 6.45) is 6.33. The number of hydrogen-bond acceptors (Lipinski definition) is 4. The van der Waals surface area contributed by atoms with Crippen LogP contribution in [-0.2, 0) is 6.54 Å². The molecule has 1 heterocycles. The van der Waals surface area contributed by atoms with Gasteiger partial charge in [-0.25, -0.2) is 0 Å². The van der Waals surface area contributed by atoms with Gasteiger partial charge in [0.05, 0.1) is 5.52 Å². The number of hydrogen-bond donors (Lipinski definition) is 3. The zero-order valence-electron chi connectivity index (χ0n) is 16.0. The summed E-state index contributed by atoms with van der Waals surface area (Å²) in [5, 5.41) is 19.0. The number of pyridine rings is 1. The van der Waals surface area contributed by atoms with Crippen LogP contribution in [-0.4, -0.2) is 22.2 Å². The third-order valence-corrected chi connectivity index (χ3v) is 5.60. The first-order chi connectivity index (χ1) is 13.2. The molecular formula is C22H26Cl3N3O. The van der Waals surface area contributed by atoms with Crippen LogP contribution in [0.3, 0.4) is 0 Å². The maximum atomic E-state index is 9.89. The van der Waals surface area contributed by atoms with Crippen molar-refractivity contribution in [1.82, 2.24) is 10.3 Å². The number of nitrogens with one attached hydrogen (secondary N) is 2. The molecule has 0 unspecified atom stereocenters. The van der Waals surface area contributed by atoms with Crippen molar-refractivity contribution in [2.24, 2.45) is 0 Å². The lowest BCUT2D eigenvalue weighted by atomic mass is 9.90. The molecule has 0 amide bonds. The lowest BCUT2D eigenvalue weighted by molar-refractivity contribution is 0.350. The molecule has 4 nitrogen and oxygen atoms in total. The second-order valence-electron chi connectivity index (χ2n) is 7.22. The van der Waals surface area contributed by atoms with Crippen LogP contribution in [0.2, 0.25) is 5.02 Å². The van der Waals surface area contributed by atoms with Gasteiger partial charge in [0, 0.05) is 46.5 Å². The van der Waals surface area contributed by atoms with E-state index in [1.807, 2.05) is 48.7 Å². The van der Waals surface area contributed by atoms with E-state index in [9.17, 15) is 5.11 Å². The number of anilines is 1. The van der Waals surface area contributed by atoms with Crippen LogP contribution >= 0.6 is 36.4 Å². The van der Waals surface area contributed by atoms with E-state index in [1.54, 1.807) is 6.07 Å². The average molecular weight is 455 g/mol. The number of phenolic OH excluding ortho intramolecular Hbond substituents is 1. The van der Waals surface area contributed by atoms with Gasteiger partial charge in [-0.2, -0.15) is 0 Å². The first-order valence-electron chi connectivity index (χ1n) is 9.50. The molecule has 0 bridgehead atoms. The Morgan fingerprint density at radius 3 is 2.45 bits per heavy atom. The highest BCUT2D eigenvalue weighted by Gasteiger charge is 2.21. The zero-order chi connectivity index (χ0) is 18.6. The van der Waals surface area contributed by atoms with E-state index in [1.165, 1.54) is 0 Å². The normalized spacial score (nSPS) is 18.5. The molecular weight excluding hydrogens is 429 g/mol. The fourth-order valence-electron chi connectivity index (χ4n) is 3.82. The first-order valence-corrected chi connectivity index (χ1v) is 9.88. The summed E-state index contributed by atoms with van der Waals surface area (Å²) in [7, 11) is 0. The van der Waals surface area contributed by atoms with Gasteiger partial charge in [0.2, 0.25) is 0 Å². The van der Waals surface area contributed by atoms with Crippen LogP contribution in [0.15, 0.2) is 54.7 Å². The molecule has 0 radical (unpaired) electrons. The molecule has 0 atom stereocenters. The lowest BCUT2D eigenvalue weighted by Crippen LogP contribution is -2.36. The molecule has 0 spiro atoms. The van der Waals surface area contributed by atoms with Gasteiger partial charge in [0.25, 0.3) is 0 Å². The number of rotatable bonds is 5. The highest BCUT2D eigenvalue weighted by molar-refractivity contribution is 6.31. The molecule has 0 saturated heterocycles. The Balaban J connectivity index is 0.00000150. The van der Waals surface area contributed by atoms with E-state index in [-0.39, 0.29) is 24.8 Å². The quantitative estimate of drug-likeness (QED) is 0.446. The van der Waals surface area contributed by atoms with Gasteiger partial charge in [-0.3, -0.25) is 4.98 Å². The van der Waals surface area contributed by atoms with Gasteiger partial charge in [0.15, 0.2) is 0 Å². The largest absolute Gasteiger partial charge is 0.508 e. The number of aromatic hydroxyl groups is 1. The van der Waals surface area contributed by atoms with E-state index in [0.717, 1.165) is 47.8 Å². The van der Waals surface area contributed by atoms with Crippen molar-refractivity contribution >= 4 is 53.0 Å². The summed E-state index contributed by atoms with van der Waals surface area (Å²) in [5.74, 6) is 0.366. The third-order valence-electron chi connectivity index (χ3n) is 5.36. The van der Waals surface area contributed by atoms with Crippen LogP contribution in [0.1, 0.15) is 31.2 Å². The van der Waals surface area contributed by atoms with E-state index < -0.39 is 0 Å². The highest BCUT2D eigenvalue weighted by Crippen LogP contribution is 2.28. The molecule has 4 rings (SSSR count). The molecule has 1 aliphatic carbocycles. The second kappa shape index (κ2) is 10.9. The number of aromatic nitrogens is 1. The van der Waals surface area contributed by atoms with E-state index in [4.69, 9.17) is 11.6 Å². The summed E-state index contributed by atoms with van der Waals surface area (Å²) >= 11 is 6.08. The van der Waals surface area contributed by atoms with Crippen molar-refractivity contribution in [3.05, 3.63) is 65.3 Å². The molecule has 2 aromatic carbocycles. The van der Waals surface area contributed by atoms with Gasteiger partial charge in [0.1, 0.15) is 5.75 Å². The fraction of sp³-hybridized carbons (Fsp3) is 0.318. The maximum absolute atomic E-state index is 9.89. The van der Waals surface area contributed by atoms with Crippen LogP contribution in [0, 0.1) is 0 Å². The first kappa shape index (κ1) is 23.6. The summed E-state index contributed by atoms with van der Waals surface area (Å²) in [6, 6.07) is 16.4. The standard InChI is InChI=1S/C22H24ClN3O.2ClH/c23-16-5-10-19-20(11-12-24-21(19)13-16)26-18-8-6-17(7-9-18)25-14-15-3-1-2-4-22(15)27;;/h1-5,10-13,17-18,25,27H,6-9,14H2,(H,24,26);2*1H. The number of nitrogens with zero attached hydrogens (tertiary/aromatic N) is 1. The number of phenols is 1. The minimum Gasteiger partial charge on any atom is -0.508 e. The van der Waals surface area contributed by atoms with Gasteiger partial charge in [-0.15, -0.1) is 24.8 Å². The number of fused-ring (bicyclic) bond motifs is 1. The van der Waals surface area contributed by atoms with Crippen molar-refractivity contribution in [3.8, 4) is 5.75 Å². The molecule has 0 aliphatic heterocycles. The van der Waals surface area contributed by atoms with Crippen molar-refractivity contribution in [3.63, 3.8) is 0 Å². The molecule has 3 aromatic rings. The smallest absolute Gasteiger partial charge is 0.120 e. The van der Waals surface area contributed by atoms with E-state index in [0.29, 0.717) is 29.4 Å². The molecule has 1 saturated carbocycles. The highest BCUT2D eigenvalue weighted by atomic mass is 35.5. The summed E-state index contributed by atoms with van der Waals surface area (Å²) in [4.78, 5) is 4.41. The number of para-hydroxylation sites is 1. The van der Waals surface area contributed by atoms with E-state index in [2.05, 4.69) is 15.6 Å². The Hall–Kier alpha value is -1.72. The Morgan fingerprint density at radius 2 is 1.69 bits per heavy atom. The minimum absolute atomic E-state index is 0. The summed E-state index contributed by atoms with van der Waals surface area (Å²) < 4.78 is 0. The molecule has 156 valence electrons. The third kappa shape index (κ3) is 5.89. The van der Waals surface area contributed by atoms with E-state index >= 15 is 0 Å². The zero-order valence-corrected chi connectivity index (χ0v) is 18.4. The van der Waals surface area contributed by atoms with Crippen LogP contribution in [0.25, 0.3) is 10.9 Å². The summed E-state index contributed by atoms with van der Waals surface area (Å²) in [5.41, 5.74) is 3.01. The molecule has 1 aromatic heterocycles. The predicted molar refractivity (Wildman–Crippen MR) is 126 cm³/mol. The monoisotopic (exact) mass is 453 g/mol. The summed E-state index contributed by atoms with van der Waals surface area (Å²) in [6.45, 7) is 0.713. The molecule has 7 heteroatoms. The Labute approximate surface area is 188 Å². The molecule has 1 aliphatic rings. The van der Waals surface area contributed by atoms with Crippen molar-refractivity contribution in [1.29, 1.82) is 0 Å². The second-order valence-corrected chi connectivity index (χ2v) is 7.66. The average Bonchev–Trinajstić information content (AvgIpc) is 2.68. The Morgan fingerprint density at radius 1 is 0.966 bits per heavy atom. The van der Waals surface area contributed by atoms with Gasteiger partial charge >= 0.3 is 0 Å². The SMILES string of the molecule is Cl.Cl.Oc1ccccc1CNC1CCC(Nc2ccnc3cc(Cl)ccc23)CC1. The molecule has 29 heavy (non-hydrogen) atoms. The predicted octanol–water partition coefficient (Wildman–Crippen LogP) is 5.95. The fourth-order valence-corrected chi connectivity index (χ4v) is 3.99. The lowest BCUT2D eigenvalue weighted by Gasteiger charge is -2.30. The van der Waals surface area contributed by atoms with Crippen LogP contribution in [0.4, 0.5) is 5.69 Å². The van der Waals surface area contributed by atoms with Crippen molar-refractivity contribution < 1.29 is 5.11 Å². The minimum atomic E-state index is 0. The van der Waals surface area contributed by atoms with Crippen molar-refractivity contribution in [2.45, 2.75) is 44.3 Å². The maximum Gasteiger partial charge on any atom is 0.120 e. The van der Waals surface area contributed by atoms with Gasteiger partial charge < -0.3 is 15.7 Å².